The van der Waals surface area contributed by atoms with E-state index in [4.69, 9.17) is 4.74 Å². The van der Waals surface area contributed by atoms with Crippen molar-refractivity contribution >= 4 is 11.0 Å². The highest BCUT2D eigenvalue weighted by molar-refractivity contribution is 5.77. The number of aryl methyl sites for hydroxylation is 1. The maximum Gasteiger partial charge on any atom is 0.121 e. The fourth-order valence-electron chi connectivity index (χ4n) is 3.17. The van der Waals surface area contributed by atoms with Crippen molar-refractivity contribution in [2.45, 2.75) is 66.8 Å². The average molecular weight is 367 g/mol. The number of nitrogens with zero attached hydrogens (tertiary/aromatic N) is 2. The SMILES string of the molecule is COc1ccc2c(c1)nc(C)n2C/C=C(\C)CC/C=C(\C)CCC=C(C)C. The lowest BCUT2D eigenvalue weighted by molar-refractivity contribution is 0.415. The van der Waals surface area contributed by atoms with Gasteiger partial charge in [-0.3, -0.25) is 0 Å². The van der Waals surface area contributed by atoms with E-state index in [1.165, 1.54) is 16.7 Å². The van der Waals surface area contributed by atoms with Gasteiger partial charge < -0.3 is 9.30 Å². The van der Waals surface area contributed by atoms with E-state index in [1.807, 2.05) is 12.1 Å². The largest absolute Gasteiger partial charge is 0.497 e. The Bertz CT molecular complexity index is 849. The van der Waals surface area contributed by atoms with Gasteiger partial charge in [0.1, 0.15) is 11.6 Å². The van der Waals surface area contributed by atoms with Gasteiger partial charge in [0.2, 0.25) is 0 Å². The van der Waals surface area contributed by atoms with Crippen LogP contribution in [0.1, 0.15) is 59.2 Å². The summed E-state index contributed by atoms with van der Waals surface area (Å²) >= 11 is 0. The summed E-state index contributed by atoms with van der Waals surface area (Å²) in [7, 11) is 1.69. The number of imidazole rings is 1. The lowest BCUT2D eigenvalue weighted by Gasteiger charge is -2.06. The molecule has 0 fully saturated rings. The van der Waals surface area contributed by atoms with E-state index in [2.05, 4.69) is 68.5 Å². The number of benzene rings is 1. The van der Waals surface area contributed by atoms with E-state index < -0.39 is 0 Å². The van der Waals surface area contributed by atoms with Crippen molar-refractivity contribution in [3.63, 3.8) is 0 Å². The Morgan fingerprint density at radius 3 is 2.33 bits per heavy atom. The highest BCUT2D eigenvalue weighted by Crippen LogP contribution is 2.22. The van der Waals surface area contributed by atoms with Crippen molar-refractivity contribution in [2.24, 2.45) is 0 Å². The van der Waals surface area contributed by atoms with Crippen molar-refractivity contribution in [1.29, 1.82) is 0 Å². The van der Waals surface area contributed by atoms with Crippen LogP contribution in [-0.2, 0) is 6.54 Å². The Balaban J connectivity index is 1.93. The van der Waals surface area contributed by atoms with Crippen LogP contribution in [0, 0.1) is 6.92 Å². The number of allylic oxidation sites excluding steroid dienone is 6. The lowest BCUT2D eigenvalue weighted by Crippen LogP contribution is -1.98. The number of fused-ring (bicyclic) bond motifs is 1. The van der Waals surface area contributed by atoms with Crippen LogP contribution in [0.2, 0.25) is 0 Å². The number of ether oxygens (including phenoxy) is 1. The van der Waals surface area contributed by atoms with Crippen LogP contribution in [-0.4, -0.2) is 16.7 Å². The van der Waals surface area contributed by atoms with Crippen molar-refractivity contribution < 1.29 is 4.74 Å². The Kier molecular flexibility index (Phi) is 7.90. The number of aromatic nitrogens is 2. The van der Waals surface area contributed by atoms with E-state index >= 15 is 0 Å². The molecule has 0 N–H and O–H groups in total. The average Bonchev–Trinajstić information content (AvgIpc) is 2.93. The quantitative estimate of drug-likeness (QED) is 0.458. The standard InChI is InChI=1S/C24H34N2O/c1-18(2)9-7-10-19(3)11-8-12-20(4)15-16-26-21(5)25-23-17-22(27-6)13-14-24(23)26/h9,11,13-15,17H,7-8,10,12,16H2,1-6H3/b19-11+,20-15+. The topological polar surface area (TPSA) is 27.1 Å². The molecule has 0 atom stereocenters. The molecule has 0 amide bonds. The highest BCUT2D eigenvalue weighted by atomic mass is 16.5. The van der Waals surface area contributed by atoms with Gasteiger partial charge in [0.25, 0.3) is 0 Å². The predicted molar refractivity (Wildman–Crippen MR) is 116 cm³/mol. The predicted octanol–water partition coefficient (Wildman–Crippen LogP) is 6.77. The molecule has 0 saturated heterocycles. The Morgan fingerprint density at radius 1 is 1.00 bits per heavy atom. The summed E-state index contributed by atoms with van der Waals surface area (Å²) in [5.74, 6) is 1.89. The maximum absolute atomic E-state index is 5.30. The maximum atomic E-state index is 5.30. The molecule has 1 heterocycles. The summed E-state index contributed by atoms with van der Waals surface area (Å²) in [6.45, 7) is 11.7. The molecule has 0 aliphatic heterocycles. The van der Waals surface area contributed by atoms with Crippen LogP contribution in [0.25, 0.3) is 11.0 Å². The highest BCUT2D eigenvalue weighted by Gasteiger charge is 2.07. The third kappa shape index (κ3) is 6.42. The Hall–Kier alpha value is -2.29. The first-order chi connectivity index (χ1) is 12.9. The smallest absolute Gasteiger partial charge is 0.121 e. The van der Waals surface area contributed by atoms with Gasteiger partial charge in [0, 0.05) is 12.6 Å². The Labute approximate surface area is 164 Å². The minimum Gasteiger partial charge on any atom is -0.497 e. The van der Waals surface area contributed by atoms with Crippen molar-refractivity contribution in [1.82, 2.24) is 9.55 Å². The second-order valence-corrected chi connectivity index (χ2v) is 7.58. The van der Waals surface area contributed by atoms with Crippen molar-refractivity contribution in [2.75, 3.05) is 7.11 Å². The second-order valence-electron chi connectivity index (χ2n) is 7.58. The number of rotatable bonds is 9. The van der Waals surface area contributed by atoms with Gasteiger partial charge in [-0.2, -0.15) is 0 Å². The molecular weight excluding hydrogens is 332 g/mol. The fourth-order valence-corrected chi connectivity index (χ4v) is 3.17. The summed E-state index contributed by atoms with van der Waals surface area (Å²) < 4.78 is 7.56. The third-order valence-corrected chi connectivity index (χ3v) is 4.89. The van der Waals surface area contributed by atoms with Crippen LogP contribution < -0.4 is 4.74 Å². The van der Waals surface area contributed by atoms with Gasteiger partial charge in [-0.25, -0.2) is 4.98 Å². The van der Waals surface area contributed by atoms with Crippen LogP contribution in [0.4, 0.5) is 0 Å². The van der Waals surface area contributed by atoms with Gasteiger partial charge in [0.05, 0.1) is 18.1 Å². The van der Waals surface area contributed by atoms with Gasteiger partial charge in [0.15, 0.2) is 0 Å². The molecule has 1 aromatic heterocycles. The van der Waals surface area contributed by atoms with Crippen LogP contribution in [0.5, 0.6) is 5.75 Å². The molecule has 0 spiro atoms. The lowest BCUT2D eigenvalue weighted by atomic mass is 10.1. The van der Waals surface area contributed by atoms with Crippen LogP contribution >= 0.6 is 0 Å². The molecule has 0 saturated carbocycles. The van der Waals surface area contributed by atoms with Gasteiger partial charge >= 0.3 is 0 Å². The molecule has 1 aromatic carbocycles. The summed E-state index contributed by atoms with van der Waals surface area (Å²) in [5.41, 5.74) is 6.48. The molecule has 0 unspecified atom stereocenters. The number of hydrogen-bond acceptors (Lipinski definition) is 2. The minimum absolute atomic E-state index is 0.852. The van der Waals surface area contributed by atoms with E-state index in [0.717, 1.165) is 54.8 Å². The number of methoxy groups -OCH3 is 1. The van der Waals surface area contributed by atoms with Gasteiger partial charge in [-0.1, -0.05) is 34.9 Å². The van der Waals surface area contributed by atoms with Crippen molar-refractivity contribution in [3.8, 4) is 5.75 Å². The molecule has 0 aliphatic rings. The monoisotopic (exact) mass is 366 g/mol. The number of hydrogen-bond donors (Lipinski definition) is 0. The molecule has 3 heteroatoms. The molecule has 0 radical (unpaired) electrons. The van der Waals surface area contributed by atoms with Crippen LogP contribution in [0.3, 0.4) is 0 Å². The summed E-state index contributed by atoms with van der Waals surface area (Å²) in [5, 5.41) is 0. The molecule has 3 nitrogen and oxygen atoms in total. The second kappa shape index (κ2) is 10.1. The first-order valence-electron chi connectivity index (χ1n) is 9.86. The summed E-state index contributed by atoms with van der Waals surface area (Å²) in [6, 6.07) is 6.09. The zero-order valence-corrected chi connectivity index (χ0v) is 17.8. The molecule has 146 valence electrons. The zero-order valence-electron chi connectivity index (χ0n) is 17.8. The van der Waals surface area contributed by atoms with Gasteiger partial charge in [-0.15, -0.1) is 0 Å². The van der Waals surface area contributed by atoms with E-state index in [1.54, 1.807) is 7.11 Å². The van der Waals surface area contributed by atoms with Crippen molar-refractivity contribution in [3.05, 3.63) is 59.0 Å². The van der Waals surface area contributed by atoms with E-state index in [-0.39, 0.29) is 0 Å². The normalized spacial score (nSPS) is 12.5. The summed E-state index contributed by atoms with van der Waals surface area (Å²) in [4.78, 5) is 4.67. The molecule has 0 aliphatic carbocycles. The molecule has 2 aromatic rings. The van der Waals surface area contributed by atoms with E-state index in [9.17, 15) is 0 Å². The van der Waals surface area contributed by atoms with Gasteiger partial charge in [-0.05, 0) is 72.4 Å². The molecular formula is C24H34N2O. The van der Waals surface area contributed by atoms with Crippen LogP contribution in [0.15, 0.2) is 53.1 Å². The zero-order chi connectivity index (χ0) is 19.8. The first-order valence-corrected chi connectivity index (χ1v) is 9.86. The molecule has 2 rings (SSSR count). The third-order valence-electron chi connectivity index (χ3n) is 4.89. The molecule has 0 bridgehead atoms. The molecule has 27 heavy (non-hydrogen) atoms. The first kappa shape index (κ1) is 21.0. The fraction of sp³-hybridized carbons (Fsp3) is 0.458. The Morgan fingerprint density at radius 2 is 1.67 bits per heavy atom. The van der Waals surface area contributed by atoms with E-state index in [0.29, 0.717) is 0 Å². The minimum atomic E-state index is 0.852. The summed E-state index contributed by atoms with van der Waals surface area (Å²) in [6.07, 6.45) is 11.6.